The van der Waals surface area contributed by atoms with Crippen LogP contribution >= 0.6 is 11.6 Å². The van der Waals surface area contributed by atoms with Crippen LogP contribution in [0.4, 0.5) is 0 Å². The fraction of sp³-hybridized carbons (Fsp3) is 0.400. The molecule has 0 radical (unpaired) electrons. The van der Waals surface area contributed by atoms with Gasteiger partial charge in [-0.05, 0) is 18.9 Å². The Morgan fingerprint density at radius 2 is 2.18 bits per heavy atom. The Morgan fingerprint density at radius 3 is 2.55 bits per heavy atom. The molecule has 0 aliphatic rings. The zero-order valence-electron chi connectivity index (χ0n) is 7.23. The molecule has 0 aliphatic carbocycles. The van der Waals surface area contributed by atoms with E-state index in [0.29, 0.717) is 0 Å². The molecular weight excluding hydrogens is 156 g/mol. The van der Waals surface area contributed by atoms with Gasteiger partial charge in [0.05, 0.1) is 0 Å². The molecule has 0 saturated carbocycles. The second-order valence-corrected chi connectivity index (χ2v) is 2.73. The summed E-state index contributed by atoms with van der Waals surface area (Å²) in [6.07, 6.45) is 7.86. The number of rotatable bonds is 4. The predicted molar refractivity (Wildman–Crippen MR) is 52.8 cm³/mol. The van der Waals surface area contributed by atoms with E-state index in [1.165, 1.54) is 5.57 Å². The normalized spacial score (nSPS) is 13.4. The molecule has 0 aliphatic heterocycles. The highest BCUT2D eigenvalue weighted by atomic mass is 35.5. The molecule has 0 unspecified atom stereocenters. The van der Waals surface area contributed by atoms with Gasteiger partial charge in [0.15, 0.2) is 0 Å². The smallest absolute Gasteiger partial charge is 0.0431 e. The lowest BCUT2D eigenvalue weighted by Gasteiger charge is -1.99. The van der Waals surface area contributed by atoms with Crippen LogP contribution in [-0.2, 0) is 0 Å². The lowest BCUT2D eigenvalue weighted by atomic mass is 10.1. The van der Waals surface area contributed by atoms with Crippen LogP contribution in [0.25, 0.3) is 0 Å². The van der Waals surface area contributed by atoms with Crippen molar-refractivity contribution in [3.05, 3.63) is 35.4 Å². The first kappa shape index (κ1) is 10.5. The van der Waals surface area contributed by atoms with Gasteiger partial charge < -0.3 is 0 Å². The highest BCUT2D eigenvalue weighted by Crippen LogP contribution is 2.16. The van der Waals surface area contributed by atoms with E-state index in [0.717, 1.165) is 17.9 Å². The van der Waals surface area contributed by atoms with E-state index in [1.807, 2.05) is 19.1 Å². The van der Waals surface area contributed by atoms with Gasteiger partial charge in [0.1, 0.15) is 0 Å². The average Bonchev–Trinajstić information content (AvgIpc) is 2.03. The Labute approximate surface area is 74.3 Å². The summed E-state index contributed by atoms with van der Waals surface area (Å²) in [5, 5.41) is 0.768. The van der Waals surface area contributed by atoms with Crippen LogP contribution in [0.5, 0.6) is 0 Å². The van der Waals surface area contributed by atoms with Gasteiger partial charge in [-0.15, -0.1) is 0 Å². The van der Waals surface area contributed by atoms with Gasteiger partial charge in [-0.1, -0.05) is 49.8 Å². The van der Waals surface area contributed by atoms with E-state index in [2.05, 4.69) is 13.5 Å². The van der Waals surface area contributed by atoms with Crippen molar-refractivity contribution in [2.24, 2.45) is 0 Å². The van der Waals surface area contributed by atoms with Crippen LogP contribution in [0.2, 0.25) is 0 Å². The van der Waals surface area contributed by atoms with Crippen molar-refractivity contribution < 1.29 is 0 Å². The van der Waals surface area contributed by atoms with Crippen molar-refractivity contribution in [2.45, 2.75) is 26.7 Å². The van der Waals surface area contributed by atoms with Crippen LogP contribution < -0.4 is 0 Å². The highest BCUT2D eigenvalue weighted by Gasteiger charge is 1.95. The molecular formula is C10H15Cl. The molecule has 0 aromatic carbocycles. The standard InChI is InChI=1S/C10H15Cl/c1-4-7-9(8-5-2)10(11)6-3/h4,6-7H,3,5,8H2,1-2H3/b7-4-,10-9-. The molecule has 0 amide bonds. The Bertz CT molecular complexity index is 175. The maximum atomic E-state index is 5.90. The monoisotopic (exact) mass is 170 g/mol. The molecule has 0 saturated heterocycles. The summed E-state index contributed by atoms with van der Waals surface area (Å²) in [6, 6.07) is 0. The van der Waals surface area contributed by atoms with Crippen molar-refractivity contribution in [3.8, 4) is 0 Å². The molecule has 11 heavy (non-hydrogen) atoms. The highest BCUT2D eigenvalue weighted by molar-refractivity contribution is 6.31. The van der Waals surface area contributed by atoms with Gasteiger partial charge in [0, 0.05) is 5.03 Å². The minimum Gasteiger partial charge on any atom is -0.0976 e. The Kier molecular flexibility index (Phi) is 5.96. The molecule has 0 bridgehead atoms. The van der Waals surface area contributed by atoms with Crippen molar-refractivity contribution in [2.75, 3.05) is 0 Å². The number of hydrogen-bond donors (Lipinski definition) is 0. The van der Waals surface area contributed by atoms with Gasteiger partial charge in [-0.2, -0.15) is 0 Å². The summed E-state index contributed by atoms with van der Waals surface area (Å²) in [7, 11) is 0. The third-order valence-electron chi connectivity index (χ3n) is 1.37. The maximum absolute atomic E-state index is 5.90. The van der Waals surface area contributed by atoms with E-state index in [4.69, 9.17) is 11.6 Å². The number of hydrogen-bond acceptors (Lipinski definition) is 0. The zero-order valence-corrected chi connectivity index (χ0v) is 7.99. The van der Waals surface area contributed by atoms with Crippen LogP contribution in [0.15, 0.2) is 35.4 Å². The number of allylic oxidation sites excluding steroid dienone is 5. The van der Waals surface area contributed by atoms with E-state index in [9.17, 15) is 0 Å². The summed E-state index contributed by atoms with van der Waals surface area (Å²) in [6.45, 7) is 7.75. The van der Waals surface area contributed by atoms with Crippen molar-refractivity contribution in [1.29, 1.82) is 0 Å². The Hall–Kier alpha value is -0.490. The Morgan fingerprint density at radius 1 is 1.55 bits per heavy atom. The van der Waals surface area contributed by atoms with Gasteiger partial charge >= 0.3 is 0 Å². The molecule has 0 fully saturated rings. The molecule has 0 aromatic heterocycles. The van der Waals surface area contributed by atoms with Crippen molar-refractivity contribution >= 4 is 11.6 Å². The van der Waals surface area contributed by atoms with Gasteiger partial charge in [0.25, 0.3) is 0 Å². The zero-order chi connectivity index (χ0) is 8.69. The Balaban J connectivity index is 4.42. The minimum atomic E-state index is 0.768. The largest absolute Gasteiger partial charge is 0.0976 e. The molecule has 0 N–H and O–H groups in total. The second kappa shape index (κ2) is 6.23. The molecule has 0 heterocycles. The molecule has 0 atom stereocenters. The van der Waals surface area contributed by atoms with Crippen LogP contribution in [-0.4, -0.2) is 0 Å². The second-order valence-electron chi connectivity index (χ2n) is 2.33. The SMILES string of the molecule is C=C/C(Cl)=C(\C=C/C)CCC. The molecule has 0 rings (SSSR count). The quantitative estimate of drug-likeness (QED) is 0.559. The molecule has 62 valence electrons. The minimum absolute atomic E-state index is 0.768. The molecule has 1 heteroatoms. The van der Waals surface area contributed by atoms with E-state index in [1.54, 1.807) is 6.08 Å². The number of halogens is 1. The lowest BCUT2D eigenvalue weighted by Crippen LogP contribution is -1.80. The van der Waals surface area contributed by atoms with E-state index in [-0.39, 0.29) is 0 Å². The lowest BCUT2D eigenvalue weighted by molar-refractivity contribution is 0.924. The van der Waals surface area contributed by atoms with Gasteiger partial charge in [-0.25, -0.2) is 0 Å². The molecule has 0 spiro atoms. The van der Waals surface area contributed by atoms with Crippen molar-refractivity contribution in [3.63, 3.8) is 0 Å². The molecule has 0 nitrogen and oxygen atoms in total. The van der Waals surface area contributed by atoms with Crippen molar-refractivity contribution in [1.82, 2.24) is 0 Å². The topological polar surface area (TPSA) is 0 Å². The third-order valence-corrected chi connectivity index (χ3v) is 1.77. The first-order valence-electron chi connectivity index (χ1n) is 3.90. The first-order chi connectivity index (χ1) is 5.26. The summed E-state index contributed by atoms with van der Waals surface area (Å²) >= 11 is 5.90. The first-order valence-corrected chi connectivity index (χ1v) is 4.27. The maximum Gasteiger partial charge on any atom is 0.0431 e. The predicted octanol–water partition coefficient (Wildman–Crippen LogP) is 4.04. The van der Waals surface area contributed by atoms with Crippen LogP contribution in [0.1, 0.15) is 26.7 Å². The summed E-state index contributed by atoms with van der Waals surface area (Å²) in [5.74, 6) is 0. The summed E-state index contributed by atoms with van der Waals surface area (Å²) in [5.41, 5.74) is 1.17. The summed E-state index contributed by atoms with van der Waals surface area (Å²) in [4.78, 5) is 0. The summed E-state index contributed by atoms with van der Waals surface area (Å²) < 4.78 is 0. The van der Waals surface area contributed by atoms with Gasteiger partial charge in [-0.3, -0.25) is 0 Å². The third kappa shape index (κ3) is 4.05. The average molecular weight is 171 g/mol. The van der Waals surface area contributed by atoms with Crippen LogP contribution in [0, 0.1) is 0 Å². The van der Waals surface area contributed by atoms with Gasteiger partial charge in [0.2, 0.25) is 0 Å². The fourth-order valence-corrected chi connectivity index (χ4v) is 1.04. The fourth-order valence-electron chi connectivity index (χ4n) is 0.884. The van der Waals surface area contributed by atoms with E-state index < -0.39 is 0 Å². The molecule has 0 aromatic rings. The van der Waals surface area contributed by atoms with Crippen LogP contribution in [0.3, 0.4) is 0 Å². The van der Waals surface area contributed by atoms with E-state index >= 15 is 0 Å².